The summed E-state index contributed by atoms with van der Waals surface area (Å²) in [6.45, 7) is 4.52. The Bertz CT molecular complexity index is 2990. The van der Waals surface area contributed by atoms with E-state index >= 15 is 0 Å². The number of aryl methyl sites for hydroxylation is 2. The van der Waals surface area contributed by atoms with Crippen LogP contribution in [0.1, 0.15) is 55.6 Å². The molecular weight excluding hydrogens is 797 g/mol. The van der Waals surface area contributed by atoms with Gasteiger partial charge in [0, 0.05) is 11.4 Å². The Balaban J connectivity index is 0.964. The van der Waals surface area contributed by atoms with E-state index in [4.69, 9.17) is 0 Å². The van der Waals surface area contributed by atoms with Crippen LogP contribution in [0.25, 0.3) is 11.1 Å². The predicted octanol–water partition coefficient (Wildman–Crippen LogP) is 16.3. The van der Waals surface area contributed by atoms with Crippen LogP contribution in [-0.4, -0.2) is 0 Å². The molecule has 2 heterocycles. The molecule has 10 aromatic carbocycles. The Hall–Kier alpha value is -8.20. The SMILES string of the molecule is Cc1cc(N2c3ccccc3C(c3ccccc3)(c3ccccc3)c3ccccc32)ccc1-c1ccc(N2c3ccccc3C(c3ccccc3)(c3ccccc3)c3ccccc32)cc1C. The van der Waals surface area contributed by atoms with Crippen molar-refractivity contribution in [2.75, 3.05) is 9.80 Å². The third-order valence-corrected chi connectivity index (χ3v) is 14.2. The largest absolute Gasteiger partial charge is 0.310 e. The molecule has 0 bridgehead atoms. The standard InChI is InChI=1S/C64H48N2/c1-45-43-51(65-59-35-19-15-31-55(59)63(47-23-7-3-8-24-47,48-25-9-4-10-26-48)56-32-16-20-36-60(56)65)39-41-53(45)54-42-40-52(44-46(54)2)66-61-37-21-17-33-57(61)64(49-27-11-5-12-28-49,50-29-13-6-14-30-50)58-34-18-22-38-62(58)66/h3-44H,1-2H3. The van der Waals surface area contributed by atoms with Gasteiger partial charge in [0.15, 0.2) is 0 Å². The third kappa shape index (κ3) is 5.81. The number of hydrogen-bond acceptors (Lipinski definition) is 2. The van der Waals surface area contributed by atoms with Crippen molar-refractivity contribution in [2.45, 2.75) is 24.7 Å². The summed E-state index contributed by atoms with van der Waals surface area (Å²) < 4.78 is 0. The van der Waals surface area contributed by atoms with Gasteiger partial charge in [0.25, 0.3) is 0 Å². The first-order valence-corrected chi connectivity index (χ1v) is 23.0. The Kier molecular flexibility index (Phi) is 9.43. The van der Waals surface area contributed by atoms with Crippen molar-refractivity contribution in [3.8, 4) is 11.1 Å². The lowest BCUT2D eigenvalue weighted by atomic mass is 9.62. The Labute approximate surface area is 388 Å². The summed E-state index contributed by atoms with van der Waals surface area (Å²) in [6.07, 6.45) is 0. The lowest BCUT2D eigenvalue weighted by Crippen LogP contribution is -2.37. The van der Waals surface area contributed by atoms with Crippen LogP contribution in [0.15, 0.2) is 255 Å². The highest BCUT2D eigenvalue weighted by Crippen LogP contribution is 2.59. The van der Waals surface area contributed by atoms with E-state index in [1.807, 2.05) is 0 Å². The van der Waals surface area contributed by atoms with Crippen LogP contribution < -0.4 is 9.80 Å². The van der Waals surface area contributed by atoms with Crippen molar-refractivity contribution in [2.24, 2.45) is 0 Å². The molecule has 0 N–H and O–H groups in total. The number of fused-ring (bicyclic) bond motifs is 4. The summed E-state index contributed by atoms with van der Waals surface area (Å²) >= 11 is 0. The Morgan fingerprint density at radius 1 is 0.258 bits per heavy atom. The van der Waals surface area contributed by atoms with Crippen LogP contribution in [0.5, 0.6) is 0 Å². The van der Waals surface area contributed by atoms with Gasteiger partial charge in [-0.2, -0.15) is 0 Å². The van der Waals surface area contributed by atoms with Gasteiger partial charge in [0.2, 0.25) is 0 Å². The topological polar surface area (TPSA) is 6.48 Å². The number of rotatable bonds is 7. The molecule has 66 heavy (non-hydrogen) atoms. The van der Waals surface area contributed by atoms with E-state index in [-0.39, 0.29) is 0 Å². The maximum absolute atomic E-state index is 2.47. The second kappa shape index (κ2) is 15.8. The van der Waals surface area contributed by atoms with Crippen LogP contribution in [0, 0.1) is 13.8 Å². The molecule has 2 heteroatoms. The minimum Gasteiger partial charge on any atom is -0.310 e. The molecule has 0 aromatic heterocycles. The van der Waals surface area contributed by atoms with E-state index < -0.39 is 10.8 Å². The van der Waals surface area contributed by atoms with E-state index in [0.717, 1.165) is 11.4 Å². The Morgan fingerprint density at radius 3 is 0.758 bits per heavy atom. The zero-order valence-electron chi connectivity index (χ0n) is 37.1. The lowest BCUT2D eigenvalue weighted by molar-refractivity contribution is 0.731. The van der Waals surface area contributed by atoms with E-state index in [2.05, 4.69) is 278 Å². The van der Waals surface area contributed by atoms with Crippen molar-refractivity contribution in [3.05, 3.63) is 310 Å². The van der Waals surface area contributed by atoms with Crippen LogP contribution in [-0.2, 0) is 10.8 Å². The van der Waals surface area contributed by atoms with Crippen LogP contribution in [0.3, 0.4) is 0 Å². The molecule has 0 atom stereocenters. The Morgan fingerprint density at radius 2 is 0.500 bits per heavy atom. The number of benzene rings is 10. The van der Waals surface area contributed by atoms with Gasteiger partial charge in [0.05, 0.1) is 33.6 Å². The molecule has 0 fully saturated rings. The summed E-state index contributed by atoms with van der Waals surface area (Å²) in [4.78, 5) is 4.94. The summed E-state index contributed by atoms with van der Waals surface area (Å²) in [5.41, 5.74) is 21.0. The maximum atomic E-state index is 2.47. The van der Waals surface area contributed by atoms with Gasteiger partial charge in [-0.25, -0.2) is 0 Å². The molecular formula is C64H48N2. The average Bonchev–Trinajstić information content (AvgIpc) is 3.38. The van der Waals surface area contributed by atoms with Gasteiger partial charge in [-0.1, -0.05) is 206 Å². The smallest absolute Gasteiger partial charge is 0.0742 e. The highest BCUT2D eigenvalue weighted by Gasteiger charge is 2.48. The monoisotopic (exact) mass is 844 g/mol. The summed E-state index contributed by atoms with van der Waals surface area (Å²) in [7, 11) is 0. The molecule has 2 aliphatic rings. The van der Waals surface area contributed by atoms with E-state index in [1.165, 1.54) is 89.5 Å². The normalized spacial score (nSPS) is 14.1. The van der Waals surface area contributed by atoms with Crippen LogP contribution >= 0.6 is 0 Å². The highest BCUT2D eigenvalue weighted by atomic mass is 15.2. The predicted molar refractivity (Wildman–Crippen MR) is 274 cm³/mol. The van der Waals surface area contributed by atoms with Crippen molar-refractivity contribution in [3.63, 3.8) is 0 Å². The molecule has 0 unspecified atom stereocenters. The summed E-state index contributed by atoms with van der Waals surface area (Å²) in [5, 5.41) is 0. The second-order valence-corrected chi connectivity index (χ2v) is 17.7. The molecule has 0 aliphatic carbocycles. The molecule has 0 saturated heterocycles. The van der Waals surface area contributed by atoms with Gasteiger partial charge in [-0.15, -0.1) is 0 Å². The van der Waals surface area contributed by atoms with E-state index in [0.29, 0.717) is 0 Å². The zero-order chi connectivity index (χ0) is 44.2. The number of para-hydroxylation sites is 4. The molecule has 2 aliphatic heterocycles. The quantitative estimate of drug-likeness (QED) is 0.158. The van der Waals surface area contributed by atoms with E-state index in [9.17, 15) is 0 Å². The van der Waals surface area contributed by atoms with E-state index in [1.54, 1.807) is 0 Å². The lowest BCUT2D eigenvalue weighted by Gasteiger charge is -2.46. The molecule has 2 nitrogen and oxygen atoms in total. The van der Waals surface area contributed by atoms with Crippen molar-refractivity contribution < 1.29 is 0 Å². The van der Waals surface area contributed by atoms with Gasteiger partial charge >= 0.3 is 0 Å². The first kappa shape index (κ1) is 39.4. The van der Waals surface area contributed by atoms with Gasteiger partial charge < -0.3 is 9.80 Å². The maximum Gasteiger partial charge on any atom is 0.0742 e. The first-order chi connectivity index (χ1) is 32.6. The molecule has 0 amide bonds. The minimum atomic E-state index is -0.500. The number of hydrogen-bond donors (Lipinski definition) is 0. The summed E-state index contributed by atoms with van der Waals surface area (Å²) in [5.74, 6) is 0. The third-order valence-electron chi connectivity index (χ3n) is 14.2. The molecule has 12 rings (SSSR count). The summed E-state index contributed by atoms with van der Waals surface area (Å²) in [6, 6.07) is 94.0. The minimum absolute atomic E-state index is 0.500. The fraction of sp³-hybridized carbons (Fsp3) is 0.0625. The fourth-order valence-corrected chi connectivity index (χ4v) is 11.6. The van der Waals surface area contributed by atoms with Gasteiger partial charge in [-0.05, 0) is 129 Å². The average molecular weight is 845 g/mol. The van der Waals surface area contributed by atoms with Crippen molar-refractivity contribution in [1.82, 2.24) is 0 Å². The molecule has 0 spiro atoms. The molecule has 0 radical (unpaired) electrons. The van der Waals surface area contributed by atoms with Crippen LogP contribution in [0.4, 0.5) is 34.1 Å². The molecule has 10 aromatic rings. The first-order valence-electron chi connectivity index (χ1n) is 23.0. The fourth-order valence-electron chi connectivity index (χ4n) is 11.6. The number of anilines is 6. The highest BCUT2D eigenvalue weighted by molar-refractivity contribution is 5.92. The van der Waals surface area contributed by atoms with Crippen LogP contribution in [0.2, 0.25) is 0 Å². The second-order valence-electron chi connectivity index (χ2n) is 17.7. The molecule has 0 saturated carbocycles. The van der Waals surface area contributed by atoms with Crippen molar-refractivity contribution in [1.29, 1.82) is 0 Å². The number of nitrogens with zero attached hydrogens (tertiary/aromatic N) is 2. The van der Waals surface area contributed by atoms with Gasteiger partial charge in [0.1, 0.15) is 0 Å². The van der Waals surface area contributed by atoms with Gasteiger partial charge in [-0.3, -0.25) is 0 Å². The zero-order valence-corrected chi connectivity index (χ0v) is 37.1. The van der Waals surface area contributed by atoms with Crippen molar-refractivity contribution >= 4 is 34.1 Å². The molecule has 314 valence electrons.